The highest BCUT2D eigenvalue weighted by Crippen LogP contribution is 2.41. The number of aryl methyl sites for hydroxylation is 1. The summed E-state index contributed by atoms with van der Waals surface area (Å²) in [7, 11) is 0. The predicted molar refractivity (Wildman–Crippen MR) is 127 cm³/mol. The molecule has 0 atom stereocenters. The maximum atomic E-state index is 13.0. The molecule has 1 heterocycles. The number of rotatable bonds is 4. The summed E-state index contributed by atoms with van der Waals surface area (Å²) in [6, 6.07) is 15.1. The van der Waals surface area contributed by atoms with E-state index >= 15 is 0 Å². The maximum Gasteiger partial charge on any atom is 0.355 e. The molecule has 2 aromatic carbocycles. The topological polar surface area (TPSA) is 42.1 Å². The highest BCUT2D eigenvalue weighted by atomic mass is 16.5. The summed E-state index contributed by atoms with van der Waals surface area (Å²) in [6.45, 7) is 4.46. The molecule has 3 aromatic rings. The van der Waals surface area contributed by atoms with E-state index in [2.05, 4.69) is 61.3 Å². The first-order valence-electron chi connectivity index (χ1n) is 12.0. The molecular formula is C28H33NO2. The Kier molecular flexibility index (Phi) is 5.60. The van der Waals surface area contributed by atoms with Crippen LogP contribution in [0.25, 0.3) is 22.0 Å². The Balaban J connectivity index is 1.49. The zero-order chi connectivity index (χ0) is 21.4. The van der Waals surface area contributed by atoms with Gasteiger partial charge in [0.2, 0.25) is 0 Å². The quantitative estimate of drug-likeness (QED) is 0.447. The minimum absolute atomic E-state index is 0.0632. The fraction of sp³-hybridized carbons (Fsp3) is 0.464. The third kappa shape index (κ3) is 4.15. The molecule has 0 bridgehead atoms. The molecule has 3 nitrogen and oxygen atoms in total. The number of aromatic amines is 1. The number of hydrogen-bond donors (Lipinski definition) is 1. The van der Waals surface area contributed by atoms with E-state index in [0.29, 0.717) is 11.6 Å². The van der Waals surface area contributed by atoms with Crippen molar-refractivity contribution in [2.24, 2.45) is 5.92 Å². The van der Waals surface area contributed by atoms with Crippen LogP contribution in [-0.4, -0.2) is 17.1 Å². The molecule has 0 radical (unpaired) electrons. The Morgan fingerprint density at radius 1 is 0.968 bits per heavy atom. The lowest BCUT2D eigenvalue weighted by atomic mass is 9.89. The summed E-state index contributed by atoms with van der Waals surface area (Å²) < 4.78 is 5.92. The van der Waals surface area contributed by atoms with Gasteiger partial charge < -0.3 is 9.72 Å². The number of carbonyl (C=O) groups is 1. The number of benzene rings is 2. The van der Waals surface area contributed by atoms with E-state index in [0.717, 1.165) is 37.3 Å². The average molecular weight is 416 g/mol. The van der Waals surface area contributed by atoms with E-state index in [1.807, 2.05) is 0 Å². The summed E-state index contributed by atoms with van der Waals surface area (Å²) in [6.07, 6.45) is 9.28. The van der Waals surface area contributed by atoms with Crippen LogP contribution in [0.3, 0.4) is 0 Å². The number of aromatic nitrogens is 1. The molecule has 0 amide bonds. The first-order valence-corrected chi connectivity index (χ1v) is 12.0. The molecule has 2 aliphatic carbocycles. The van der Waals surface area contributed by atoms with Crippen molar-refractivity contribution in [1.29, 1.82) is 0 Å². The van der Waals surface area contributed by atoms with E-state index < -0.39 is 0 Å². The van der Waals surface area contributed by atoms with Crippen molar-refractivity contribution < 1.29 is 9.53 Å². The van der Waals surface area contributed by atoms with E-state index in [-0.39, 0.29) is 12.1 Å². The lowest BCUT2D eigenvalue weighted by Crippen LogP contribution is -2.23. The van der Waals surface area contributed by atoms with Gasteiger partial charge in [-0.25, -0.2) is 4.79 Å². The van der Waals surface area contributed by atoms with E-state index in [4.69, 9.17) is 4.74 Å². The van der Waals surface area contributed by atoms with Gasteiger partial charge in [0.15, 0.2) is 0 Å². The predicted octanol–water partition coefficient (Wildman–Crippen LogP) is 7.54. The third-order valence-corrected chi connectivity index (χ3v) is 7.46. The number of esters is 1. The van der Waals surface area contributed by atoms with Gasteiger partial charge >= 0.3 is 5.97 Å². The van der Waals surface area contributed by atoms with Crippen molar-refractivity contribution in [3.05, 3.63) is 59.3 Å². The van der Waals surface area contributed by atoms with Crippen LogP contribution in [0, 0.1) is 12.8 Å². The van der Waals surface area contributed by atoms with Crippen LogP contribution in [0.5, 0.6) is 0 Å². The standard InChI is InChI=1S/C28H33NO2/c1-18-11-13-23(14-12-18)31-28(30)26-17-25(20-7-3-4-8-20)27(29-26)22-15-19(2)24-10-6-5-9-21(24)16-22/h5-6,9-10,15-18,20,23,29H,3-4,7-8,11-14H2,1-2H3. The molecule has 0 saturated heterocycles. The van der Waals surface area contributed by atoms with Gasteiger partial charge in [-0.3, -0.25) is 0 Å². The van der Waals surface area contributed by atoms with Crippen LogP contribution in [-0.2, 0) is 4.74 Å². The minimum Gasteiger partial charge on any atom is -0.458 e. The van der Waals surface area contributed by atoms with Gasteiger partial charge in [-0.2, -0.15) is 0 Å². The minimum atomic E-state index is -0.192. The molecule has 31 heavy (non-hydrogen) atoms. The molecule has 0 spiro atoms. The fourth-order valence-corrected chi connectivity index (χ4v) is 5.59. The van der Waals surface area contributed by atoms with Crippen molar-refractivity contribution in [2.45, 2.75) is 77.2 Å². The molecule has 5 rings (SSSR count). The SMILES string of the molecule is Cc1cc(-c2[nH]c(C(=O)OC3CCC(C)CC3)cc2C2CCCC2)cc2ccccc12. The molecule has 2 saturated carbocycles. The normalized spacial score (nSPS) is 22.1. The van der Waals surface area contributed by atoms with Crippen LogP contribution in [0.15, 0.2) is 42.5 Å². The average Bonchev–Trinajstić information content (AvgIpc) is 3.45. The second-order valence-corrected chi connectivity index (χ2v) is 9.80. The van der Waals surface area contributed by atoms with Crippen molar-refractivity contribution >= 4 is 16.7 Å². The summed E-state index contributed by atoms with van der Waals surface area (Å²) in [5, 5.41) is 2.52. The van der Waals surface area contributed by atoms with Crippen LogP contribution in [0.2, 0.25) is 0 Å². The summed E-state index contributed by atoms with van der Waals surface area (Å²) in [4.78, 5) is 16.5. The van der Waals surface area contributed by atoms with Crippen LogP contribution >= 0.6 is 0 Å². The van der Waals surface area contributed by atoms with Gasteiger partial charge in [-0.1, -0.05) is 44.0 Å². The summed E-state index contributed by atoms with van der Waals surface area (Å²) in [5.41, 5.74) is 5.44. The Labute approximate surface area is 185 Å². The molecule has 1 aromatic heterocycles. The monoisotopic (exact) mass is 415 g/mol. The molecule has 162 valence electrons. The van der Waals surface area contributed by atoms with Gasteiger partial charge in [0, 0.05) is 5.69 Å². The first kappa shape index (κ1) is 20.4. The molecule has 2 aliphatic rings. The number of carbonyl (C=O) groups excluding carboxylic acids is 1. The number of hydrogen-bond acceptors (Lipinski definition) is 2. The van der Waals surface area contributed by atoms with Gasteiger partial charge in [-0.15, -0.1) is 0 Å². The van der Waals surface area contributed by atoms with E-state index in [9.17, 15) is 4.79 Å². The smallest absolute Gasteiger partial charge is 0.355 e. The highest BCUT2D eigenvalue weighted by molar-refractivity contribution is 5.93. The number of fused-ring (bicyclic) bond motifs is 1. The Hall–Kier alpha value is -2.55. The number of H-pyrrole nitrogens is 1. The third-order valence-electron chi connectivity index (χ3n) is 7.46. The van der Waals surface area contributed by atoms with Crippen LogP contribution < -0.4 is 0 Å². The lowest BCUT2D eigenvalue weighted by molar-refractivity contribution is 0.0168. The fourth-order valence-electron chi connectivity index (χ4n) is 5.59. The summed E-state index contributed by atoms with van der Waals surface area (Å²) in [5.74, 6) is 1.08. The Morgan fingerprint density at radius 2 is 1.71 bits per heavy atom. The second-order valence-electron chi connectivity index (χ2n) is 9.80. The van der Waals surface area contributed by atoms with Gasteiger partial charge in [0.1, 0.15) is 11.8 Å². The van der Waals surface area contributed by atoms with E-state index in [1.165, 1.54) is 53.1 Å². The first-order chi connectivity index (χ1) is 15.1. The summed E-state index contributed by atoms with van der Waals surface area (Å²) >= 11 is 0. The lowest BCUT2D eigenvalue weighted by Gasteiger charge is -2.25. The van der Waals surface area contributed by atoms with Gasteiger partial charge in [-0.05, 0) is 103 Å². The zero-order valence-electron chi connectivity index (χ0n) is 18.7. The Bertz CT molecular complexity index is 1080. The highest BCUT2D eigenvalue weighted by Gasteiger charge is 2.27. The molecule has 0 aliphatic heterocycles. The molecule has 0 unspecified atom stereocenters. The van der Waals surface area contributed by atoms with E-state index in [1.54, 1.807) is 0 Å². The maximum absolute atomic E-state index is 13.0. The number of nitrogens with one attached hydrogen (secondary N) is 1. The van der Waals surface area contributed by atoms with Crippen LogP contribution in [0.4, 0.5) is 0 Å². The molecular weight excluding hydrogens is 382 g/mol. The second kappa shape index (κ2) is 8.53. The number of ether oxygens (including phenoxy) is 1. The van der Waals surface area contributed by atoms with Gasteiger partial charge in [0.25, 0.3) is 0 Å². The zero-order valence-corrected chi connectivity index (χ0v) is 18.7. The van der Waals surface area contributed by atoms with Crippen molar-refractivity contribution in [3.63, 3.8) is 0 Å². The molecule has 1 N–H and O–H groups in total. The molecule has 2 fully saturated rings. The van der Waals surface area contributed by atoms with Crippen molar-refractivity contribution in [2.75, 3.05) is 0 Å². The largest absolute Gasteiger partial charge is 0.458 e. The van der Waals surface area contributed by atoms with Gasteiger partial charge in [0.05, 0.1) is 0 Å². The Morgan fingerprint density at radius 3 is 2.48 bits per heavy atom. The van der Waals surface area contributed by atoms with Crippen molar-refractivity contribution in [1.82, 2.24) is 4.98 Å². The molecule has 3 heteroatoms. The van der Waals surface area contributed by atoms with Crippen molar-refractivity contribution in [3.8, 4) is 11.3 Å². The van der Waals surface area contributed by atoms with Crippen LogP contribution in [0.1, 0.15) is 85.8 Å².